The van der Waals surface area contributed by atoms with Crippen LogP contribution in [0, 0.1) is 6.92 Å². The Labute approximate surface area is 130 Å². The molecule has 0 atom stereocenters. The van der Waals surface area contributed by atoms with Gasteiger partial charge in [0.15, 0.2) is 5.65 Å². The van der Waals surface area contributed by atoms with Crippen molar-refractivity contribution in [2.75, 3.05) is 13.0 Å². The van der Waals surface area contributed by atoms with E-state index >= 15 is 0 Å². The summed E-state index contributed by atoms with van der Waals surface area (Å²) >= 11 is 5.96. The summed E-state index contributed by atoms with van der Waals surface area (Å²) < 4.78 is 10.1. The molecule has 5 nitrogen and oxygen atoms in total. The summed E-state index contributed by atoms with van der Waals surface area (Å²) in [7, 11) is 1.82. The smallest absolute Gasteiger partial charge is 0.159 e. The standard InChI is InChI=1S/C15H23ClN4O/c1-4-20-14-13(11(2)18-20)17-12(6-9-16)19(14)10-15(21-3)7-5-8-15/h4-10H2,1-3H3. The van der Waals surface area contributed by atoms with Crippen LogP contribution in [0.15, 0.2) is 0 Å². The number of hydrogen-bond acceptors (Lipinski definition) is 3. The molecule has 0 aromatic carbocycles. The van der Waals surface area contributed by atoms with E-state index in [1.54, 1.807) is 0 Å². The van der Waals surface area contributed by atoms with Crippen molar-refractivity contribution < 1.29 is 4.74 Å². The Kier molecular flexibility index (Phi) is 3.97. The predicted molar refractivity (Wildman–Crippen MR) is 83.9 cm³/mol. The lowest BCUT2D eigenvalue weighted by Crippen LogP contribution is -2.43. The first-order valence-corrected chi connectivity index (χ1v) is 8.21. The van der Waals surface area contributed by atoms with Gasteiger partial charge < -0.3 is 9.30 Å². The molecular weight excluding hydrogens is 288 g/mol. The summed E-state index contributed by atoms with van der Waals surface area (Å²) in [6.45, 7) is 5.82. The molecule has 6 heteroatoms. The second kappa shape index (κ2) is 5.61. The Morgan fingerprint density at radius 1 is 1.38 bits per heavy atom. The second-order valence-electron chi connectivity index (χ2n) is 5.87. The number of aromatic nitrogens is 4. The number of ether oxygens (including phenoxy) is 1. The normalized spacial score (nSPS) is 17.3. The number of rotatable bonds is 6. The summed E-state index contributed by atoms with van der Waals surface area (Å²) in [4.78, 5) is 4.79. The van der Waals surface area contributed by atoms with Crippen LogP contribution in [0.3, 0.4) is 0 Å². The minimum absolute atomic E-state index is 0.0363. The van der Waals surface area contributed by atoms with E-state index in [2.05, 4.69) is 16.6 Å². The summed E-state index contributed by atoms with van der Waals surface area (Å²) in [5.41, 5.74) is 3.06. The zero-order valence-corrected chi connectivity index (χ0v) is 13.8. The summed E-state index contributed by atoms with van der Waals surface area (Å²) in [6.07, 6.45) is 4.24. The van der Waals surface area contributed by atoms with Gasteiger partial charge >= 0.3 is 0 Å². The molecule has 2 aromatic heterocycles. The highest BCUT2D eigenvalue weighted by Crippen LogP contribution is 2.38. The fourth-order valence-electron chi connectivity index (χ4n) is 3.22. The zero-order valence-electron chi connectivity index (χ0n) is 13.0. The molecule has 0 unspecified atom stereocenters. The van der Waals surface area contributed by atoms with Gasteiger partial charge in [-0.25, -0.2) is 9.67 Å². The SMILES string of the molecule is CCn1nc(C)c2nc(CCCl)n(CC3(OC)CCC3)c21. The molecule has 0 aliphatic heterocycles. The van der Waals surface area contributed by atoms with E-state index in [0.29, 0.717) is 5.88 Å². The maximum absolute atomic E-state index is 5.96. The Bertz CT molecular complexity index is 636. The van der Waals surface area contributed by atoms with Crippen LogP contribution < -0.4 is 0 Å². The Morgan fingerprint density at radius 3 is 2.67 bits per heavy atom. The van der Waals surface area contributed by atoms with Crippen LogP contribution in [0.25, 0.3) is 11.2 Å². The van der Waals surface area contributed by atoms with Crippen molar-refractivity contribution in [3.63, 3.8) is 0 Å². The molecule has 0 spiro atoms. The van der Waals surface area contributed by atoms with Gasteiger partial charge in [0.25, 0.3) is 0 Å². The van der Waals surface area contributed by atoms with Crippen molar-refractivity contribution in [1.29, 1.82) is 0 Å². The minimum atomic E-state index is -0.0363. The quantitative estimate of drug-likeness (QED) is 0.771. The van der Waals surface area contributed by atoms with Gasteiger partial charge in [0, 0.05) is 26.0 Å². The number of alkyl halides is 1. The lowest BCUT2D eigenvalue weighted by atomic mass is 9.80. The molecule has 2 heterocycles. The lowest BCUT2D eigenvalue weighted by Gasteiger charge is -2.41. The van der Waals surface area contributed by atoms with E-state index < -0.39 is 0 Å². The highest BCUT2D eigenvalue weighted by atomic mass is 35.5. The van der Waals surface area contributed by atoms with Crippen molar-refractivity contribution in [2.45, 2.75) is 58.2 Å². The van der Waals surface area contributed by atoms with Crippen LogP contribution in [-0.4, -0.2) is 37.9 Å². The van der Waals surface area contributed by atoms with Gasteiger partial charge in [0.05, 0.1) is 17.8 Å². The largest absolute Gasteiger partial charge is 0.376 e. The minimum Gasteiger partial charge on any atom is -0.376 e. The highest BCUT2D eigenvalue weighted by Gasteiger charge is 2.38. The number of imidazole rings is 1. The molecule has 0 radical (unpaired) electrons. The fourth-order valence-corrected chi connectivity index (χ4v) is 3.39. The molecule has 116 valence electrons. The van der Waals surface area contributed by atoms with Gasteiger partial charge in [-0.3, -0.25) is 0 Å². The maximum Gasteiger partial charge on any atom is 0.159 e. The average molecular weight is 311 g/mol. The van der Waals surface area contributed by atoms with Crippen molar-refractivity contribution in [2.24, 2.45) is 0 Å². The Balaban J connectivity index is 2.10. The van der Waals surface area contributed by atoms with Gasteiger partial charge in [-0.15, -0.1) is 11.6 Å². The van der Waals surface area contributed by atoms with E-state index in [-0.39, 0.29) is 5.60 Å². The van der Waals surface area contributed by atoms with E-state index in [9.17, 15) is 0 Å². The molecule has 0 N–H and O–H groups in total. The summed E-state index contributed by atoms with van der Waals surface area (Å²) in [5.74, 6) is 1.63. The fraction of sp³-hybridized carbons (Fsp3) is 0.733. The molecule has 0 bridgehead atoms. The Hall–Kier alpha value is -1.07. The molecule has 0 saturated heterocycles. The number of fused-ring (bicyclic) bond motifs is 1. The van der Waals surface area contributed by atoms with Gasteiger partial charge in [0.2, 0.25) is 0 Å². The number of aryl methyl sites for hydroxylation is 3. The van der Waals surface area contributed by atoms with Crippen LogP contribution in [0.2, 0.25) is 0 Å². The zero-order chi connectivity index (χ0) is 15.0. The second-order valence-corrected chi connectivity index (χ2v) is 6.25. The molecular formula is C15H23ClN4O. The first-order chi connectivity index (χ1) is 10.1. The van der Waals surface area contributed by atoms with E-state index in [4.69, 9.17) is 21.3 Å². The monoisotopic (exact) mass is 310 g/mol. The lowest BCUT2D eigenvalue weighted by molar-refractivity contribution is -0.0833. The van der Waals surface area contributed by atoms with E-state index in [0.717, 1.165) is 55.0 Å². The molecule has 3 rings (SSSR count). The number of nitrogens with zero attached hydrogens (tertiary/aromatic N) is 4. The number of methoxy groups -OCH3 is 1. The third-order valence-electron chi connectivity index (χ3n) is 4.64. The van der Waals surface area contributed by atoms with Crippen LogP contribution in [0.1, 0.15) is 37.7 Å². The van der Waals surface area contributed by atoms with Crippen molar-refractivity contribution >= 4 is 22.8 Å². The van der Waals surface area contributed by atoms with Crippen LogP contribution in [0.5, 0.6) is 0 Å². The molecule has 1 aliphatic rings. The van der Waals surface area contributed by atoms with Crippen molar-refractivity contribution in [3.05, 3.63) is 11.5 Å². The third-order valence-corrected chi connectivity index (χ3v) is 4.83. The predicted octanol–water partition coefficient (Wildman–Crippen LogP) is 2.91. The molecule has 1 aliphatic carbocycles. The van der Waals surface area contributed by atoms with Crippen LogP contribution in [0.4, 0.5) is 0 Å². The average Bonchev–Trinajstić information content (AvgIpc) is 2.93. The molecule has 1 fully saturated rings. The van der Waals surface area contributed by atoms with Crippen LogP contribution in [-0.2, 0) is 24.2 Å². The molecule has 1 saturated carbocycles. The maximum atomic E-state index is 5.96. The molecule has 0 amide bonds. The van der Waals surface area contributed by atoms with Crippen LogP contribution >= 0.6 is 11.6 Å². The first-order valence-electron chi connectivity index (χ1n) is 7.68. The summed E-state index contributed by atoms with van der Waals surface area (Å²) in [5, 5.41) is 4.59. The van der Waals surface area contributed by atoms with Crippen molar-refractivity contribution in [1.82, 2.24) is 19.3 Å². The third kappa shape index (κ3) is 2.36. The molecule has 2 aromatic rings. The number of halogens is 1. The van der Waals surface area contributed by atoms with E-state index in [1.165, 1.54) is 6.42 Å². The van der Waals surface area contributed by atoms with E-state index in [1.807, 2.05) is 18.7 Å². The van der Waals surface area contributed by atoms with Gasteiger partial charge in [-0.1, -0.05) is 0 Å². The number of hydrogen-bond donors (Lipinski definition) is 0. The first kappa shape index (κ1) is 14.9. The summed E-state index contributed by atoms with van der Waals surface area (Å²) in [6, 6.07) is 0. The highest BCUT2D eigenvalue weighted by molar-refractivity contribution is 6.17. The topological polar surface area (TPSA) is 44.9 Å². The molecule has 21 heavy (non-hydrogen) atoms. The van der Waals surface area contributed by atoms with Gasteiger partial charge in [-0.05, 0) is 33.1 Å². The van der Waals surface area contributed by atoms with Gasteiger partial charge in [-0.2, -0.15) is 5.10 Å². The van der Waals surface area contributed by atoms with Gasteiger partial charge in [0.1, 0.15) is 11.3 Å². The Morgan fingerprint density at radius 2 is 2.14 bits per heavy atom. The van der Waals surface area contributed by atoms with Crippen molar-refractivity contribution in [3.8, 4) is 0 Å².